The van der Waals surface area contributed by atoms with Crippen molar-refractivity contribution in [3.63, 3.8) is 0 Å². The van der Waals surface area contributed by atoms with Gasteiger partial charge in [-0.25, -0.2) is 0 Å². The maximum atomic E-state index is 12.5. The Morgan fingerprint density at radius 1 is 1.15 bits per heavy atom. The summed E-state index contributed by atoms with van der Waals surface area (Å²) in [6.07, 6.45) is 6.27. The normalized spacial score (nSPS) is 13.2. The SMILES string of the molecule is CC(C(=O)Nc1ccn(CCc2ccncc2)n1)C(N)c1ccccc1. The number of pyridine rings is 1. The number of anilines is 1. The topological polar surface area (TPSA) is 85.8 Å². The summed E-state index contributed by atoms with van der Waals surface area (Å²) in [7, 11) is 0. The van der Waals surface area contributed by atoms with Gasteiger partial charge in [0.25, 0.3) is 0 Å². The molecule has 2 atom stereocenters. The average Bonchev–Trinajstić information content (AvgIpc) is 3.14. The molecule has 26 heavy (non-hydrogen) atoms. The second-order valence-corrected chi connectivity index (χ2v) is 6.28. The summed E-state index contributed by atoms with van der Waals surface area (Å²) in [5, 5.41) is 7.26. The molecule has 134 valence electrons. The number of carbonyl (C=O) groups is 1. The van der Waals surface area contributed by atoms with Gasteiger partial charge in [-0.1, -0.05) is 37.3 Å². The highest BCUT2D eigenvalue weighted by molar-refractivity contribution is 5.91. The lowest BCUT2D eigenvalue weighted by molar-refractivity contribution is -0.120. The van der Waals surface area contributed by atoms with Gasteiger partial charge in [-0.2, -0.15) is 5.10 Å². The molecule has 6 nitrogen and oxygen atoms in total. The van der Waals surface area contributed by atoms with Crippen LogP contribution in [0.25, 0.3) is 0 Å². The number of amides is 1. The van der Waals surface area contributed by atoms with Gasteiger partial charge in [0.2, 0.25) is 5.91 Å². The fourth-order valence-electron chi connectivity index (χ4n) is 2.71. The van der Waals surface area contributed by atoms with Gasteiger partial charge >= 0.3 is 0 Å². The first kappa shape index (κ1) is 17.8. The van der Waals surface area contributed by atoms with Crippen molar-refractivity contribution in [3.05, 3.63) is 78.2 Å². The van der Waals surface area contributed by atoms with E-state index in [2.05, 4.69) is 15.4 Å². The lowest BCUT2D eigenvalue weighted by Crippen LogP contribution is -2.30. The van der Waals surface area contributed by atoms with E-state index >= 15 is 0 Å². The average molecular weight is 349 g/mol. The van der Waals surface area contributed by atoms with Crippen LogP contribution in [0.1, 0.15) is 24.1 Å². The first-order valence-corrected chi connectivity index (χ1v) is 8.67. The van der Waals surface area contributed by atoms with Crippen LogP contribution in [0.5, 0.6) is 0 Å². The number of hydrogen-bond donors (Lipinski definition) is 2. The van der Waals surface area contributed by atoms with Gasteiger partial charge in [-0.3, -0.25) is 14.5 Å². The standard InChI is InChI=1S/C20H23N5O/c1-15(19(21)17-5-3-2-4-6-17)20(26)23-18-10-14-25(24-18)13-9-16-7-11-22-12-8-16/h2-8,10-12,14-15,19H,9,13,21H2,1H3,(H,23,24,26). The highest BCUT2D eigenvalue weighted by Crippen LogP contribution is 2.20. The monoisotopic (exact) mass is 349 g/mol. The van der Waals surface area contributed by atoms with Crippen molar-refractivity contribution in [1.82, 2.24) is 14.8 Å². The molecule has 3 N–H and O–H groups in total. The Bertz CT molecular complexity index is 832. The molecular formula is C20H23N5O. The fourth-order valence-corrected chi connectivity index (χ4v) is 2.71. The molecule has 3 aromatic rings. The molecule has 2 unspecified atom stereocenters. The highest BCUT2D eigenvalue weighted by Gasteiger charge is 2.22. The summed E-state index contributed by atoms with van der Waals surface area (Å²) in [4.78, 5) is 16.5. The van der Waals surface area contributed by atoms with Crippen molar-refractivity contribution >= 4 is 11.7 Å². The molecule has 3 rings (SSSR count). The number of aromatic nitrogens is 3. The second kappa shape index (κ2) is 8.40. The highest BCUT2D eigenvalue weighted by atomic mass is 16.2. The van der Waals surface area contributed by atoms with Gasteiger partial charge in [0, 0.05) is 37.2 Å². The Balaban J connectivity index is 1.55. The number of benzene rings is 1. The third-order valence-electron chi connectivity index (χ3n) is 4.41. The number of aryl methyl sites for hydroxylation is 2. The predicted molar refractivity (Wildman–Crippen MR) is 101 cm³/mol. The summed E-state index contributed by atoms with van der Waals surface area (Å²) >= 11 is 0. The van der Waals surface area contributed by atoms with Crippen molar-refractivity contribution in [2.45, 2.75) is 25.9 Å². The van der Waals surface area contributed by atoms with E-state index in [1.54, 1.807) is 18.5 Å². The summed E-state index contributed by atoms with van der Waals surface area (Å²) in [6.45, 7) is 2.56. The summed E-state index contributed by atoms with van der Waals surface area (Å²) in [5.74, 6) is 0.0388. The summed E-state index contributed by atoms with van der Waals surface area (Å²) in [6, 6.07) is 15.0. The van der Waals surface area contributed by atoms with Crippen LogP contribution < -0.4 is 11.1 Å². The molecule has 0 radical (unpaired) electrons. The van der Waals surface area contributed by atoms with Crippen LogP contribution in [0.3, 0.4) is 0 Å². The zero-order chi connectivity index (χ0) is 18.4. The van der Waals surface area contributed by atoms with E-state index in [9.17, 15) is 4.79 Å². The van der Waals surface area contributed by atoms with E-state index in [0.29, 0.717) is 5.82 Å². The molecule has 2 aromatic heterocycles. The molecule has 0 fully saturated rings. The molecule has 0 bridgehead atoms. The first-order chi connectivity index (χ1) is 12.6. The third kappa shape index (κ3) is 4.55. The van der Waals surface area contributed by atoms with Gasteiger partial charge in [0.15, 0.2) is 5.82 Å². The van der Waals surface area contributed by atoms with Crippen LogP contribution in [0.15, 0.2) is 67.1 Å². The summed E-state index contributed by atoms with van der Waals surface area (Å²) < 4.78 is 1.82. The van der Waals surface area contributed by atoms with E-state index in [0.717, 1.165) is 18.5 Å². The smallest absolute Gasteiger partial charge is 0.230 e. The van der Waals surface area contributed by atoms with Crippen molar-refractivity contribution in [2.75, 3.05) is 5.32 Å². The van der Waals surface area contributed by atoms with E-state index in [4.69, 9.17) is 5.73 Å². The Morgan fingerprint density at radius 2 is 1.88 bits per heavy atom. The molecule has 0 saturated carbocycles. The molecule has 1 amide bonds. The van der Waals surface area contributed by atoms with Crippen LogP contribution in [0.2, 0.25) is 0 Å². The zero-order valence-electron chi connectivity index (χ0n) is 14.7. The Labute approximate surface area is 153 Å². The maximum absolute atomic E-state index is 12.5. The predicted octanol–water partition coefficient (Wildman–Crippen LogP) is 2.80. The fraction of sp³-hybridized carbons (Fsp3) is 0.250. The Hall–Kier alpha value is -2.99. The Morgan fingerprint density at radius 3 is 2.62 bits per heavy atom. The number of nitrogens with two attached hydrogens (primary N) is 1. The first-order valence-electron chi connectivity index (χ1n) is 8.67. The van der Waals surface area contributed by atoms with E-state index in [-0.39, 0.29) is 17.9 Å². The number of hydrogen-bond acceptors (Lipinski definition) is 4. The number of nitrogens with zero attached hydrogens (tertiary/aromatic N) is 3. The van der Waals surface area contributed by atoms with Crippen LogP contribution in [-0.2, 0) is 17.8 Å². The molecule has 0 aliphatic heterocycles. The molecule has 0 spiro atoms. The number of nitrogens with one attached hydrogen (secondary N) is 1. The van der Waals surface area contributed by atoms with Crippen LogP contribution in [0.4, 0.5) is 5.82 Å². The van der Waals surface area contributed by atoms with Crippen molar-refractivity contribution < 1.29 is 4.79 Å². The van der Waals surface area contributed by atoms with Crippen molar-refractivity contribution in [3.8, 4) is 0 Å². The summed E-state index contributed by atoms with van der Waals surface area (Å²) in [5.41, 5.74) is 8.36. The minimum Gasteiger partial charge on any atom is -0.323 e. The maximum Gasteiger partial charge on any atom is 0.230 e. The second-order valence-electron chi connectivity index (χ2n) is 6.28. The van der Waals surface area contributed by atoms with Crippen LogP contribution in [-0.4, -0.2) is 20.7 Å². The van der Waals surface area contributed by atoms with Gasteiger partial charge in [-0.15, -0.1) is 0 Å². The van der Waals surface area contributed by atoms with E-state index in [1.165, 1.54) is 5.56 Å². The lowest BCUT2D eigenvalue weighted by Gasteiger charge is -2.19. The molecule has 0 saturated heterocycles. The van der Waals surface area contributed by atoms with Crippen molar-refractivity contribution in [2.24, 2.45) is 11.7 Å². The third-order valence-corrected chi connectivity index (χ3v) is 4.41. The molecular weight excluding hydrogens is 326 g/mol. The van der Waals surface area contributed by atoms with Gasteiger partial charge < -0.3 is 11.1 Å². The largest absolute Gasteiger partial charge is 0.323 e. The number of rotatable bonds is 7. The van der Waals surface area contributed by atoms with Gasteiger partial charge in [0.1, 0.15) is 0 Å². The quantitative estimate of drug-likeness (QED) is 0.687. The Kier molecular flexibility index (Phi) is 5.76. The van der Waals surface area contributed by atoms with Crippen LogP contribution >= 0.6 is 0 Å². The minimum absolute atomic E-state index is 0.138. The lowest BCUT2D eigenvalue weighted by atomic mass is 9.95. The van der Waals surface area contributed by atoms with E-state index < -0.39 is 0 Å². The molecule has 0 aliphatic rings. The zero-order valence-corrected chi connectivity index (χ0v) is 14.7. The van der Waals surface area contributed by atoms with Crippen molar-refractivity contribution in [1.29, 1.82) is 0 Å². The number of carbonyl (C=O) groups excluding carboxylic acids is 1. The molecule has 6 heteroatoms. The van der Waals surface area contributed by atoms with Crippen LogP contribution in [0, 0.1) is 5.92 Å². The van der Waals surface area contributed by atoms with E-state index in [1.807, 2.05) is 60.3 Å². The van der Waals surface area contributed by atoms with Gasteiger partial charge in [-0.05, 0) is 29.7 Å². The molecule has 2 heterocycles. The minimum atomic E-state index is -0.362. The molecule has 1 aromatic carbocycles. The molecule has 0 aliphatic carbocycles. The van der Waals surface area contributed by atoms with Gasteiger partial charge in [0.05, 0.1) is 5.92 Å².